The van der Waals surface area contributed by atoms with Gasteiger partial charge in [0, 0.05) is 32.9 Å². The molecule has 6 aromatic carbocycles. The average molecular weight is 541 g/mol. The molecular formula is C40H32N2. The Morgan fingerprint density at radius 2 is 0.690 bits per heavy atom. The third kappa shape index (κ3) is 3.79. The van der Waals surface area contributed by atoms with Crippen LogP contribution < -0.4 is 0 Å². The Morgan fingerprint density at radius 3 is 1.10 bits per heavy atom. The zero-order valence-corrected chi connectivity index (χ0v) is 24.4. The van der Waals surface area contributed by atoms with Gasteiger partial charge in [-0.05, 0) is 110 Å². The maximum Gasteiger partial charge on any atom is 0.0547 e. The molecule has 0 bridgehead atoms. The van der Waals surface area contributed by atoms with E-state index in [9.17, 15) is 0 Å². The molecule has 0 atom stereocenters. The predicted octanol–water partition coefficient (Wildman–Crippen LogP) is 10.8. The summed E-state index contributed by atoms with van der Waals surface area (Å²) < 4.78 is 4.86. The van der Waals surface area contributed by atoms with Crippen molar-refractivity contribution >= 4 is 43.6 Å². The van der Waals surface area contributed by atoms with Crippen molar-refractivity contribution in [3.05, 3.63) is 144 Å². The van der Waals surface area contributed by atoms with Crippen molar-refractivity contribution in [1.82, 2.24) is 9.13 Å². The number of hydrogen-bond acceptors (Lipinski definition) is 0. The fourth-order valence-electron chi connectivity index (χ4n) is 7.02. The van der Waals surface area contributed by atoms with Crippen LogP contribution in [-0.4, -0.2) is 9.13 Å². The largest absolute Gasteiger partial charge is 0.309 e. The molecule has 42 heavy (non-hydrogen) atoms. The van der Waals surface area contributed by atoms with Gasteiger partial charge in [-0.15, -0.1) is 0 Å². The Balaban J connectivity index is 1.40. The van der Waals surface area contributed by atoms with E-state index in [2.05, 4.69) is 158 Å². The van der Waals surface area contributed by atoms with E-state index < -0.39 is 0 Å². The van der Waals surface area contributed by atoms with Crippen LogP contribution in [0.4, 0.5) is 0 Å². The fraction of sp³-hybridized carbons (Fsp3) is 0.100. The maximum atomic E-state index is 2.43. The molecule has 0 amide bonds. The topological polar surface area (TPSA) is 9.86 Å². The lowest BCUT2D eigenvalue weighted by Crippen LogP contribution is -1.96. The molecule has 8 rings (SSSR count). The van der Waals surface area contributed by atoms with E-state index in [1.54, 1.807) is 0 Å². The lowest BCUT2D eigenvalue weighted by molar-refractivity contribution is 1.16. The van der Waals surface area contributed by atoms with Crippen molar-refractivity contribution in [2.45, 2.75) is 27.7 Å². The Morgan fingerprint density at radius 1 is 0.333 bits per heavy atom. The van der Waals surface area contributed by atoms with Crippen LogP contribution in [0.15, 0.2) is 121 Å². The van der Waals surface area contributed by atoms with Crippen molar-refractivity contribution in [2.24, 2.45) is 0 Å². The zero-order valence-electron chi connectivity index (χ0n) is 24.4. The number of benzene rings is 6. The van der Waals surface area contributed by atoms with Crippen LogP contribution in [-0.2, 0) is 0 Å². The normalized spacial score (nSPS) is 11.8. The fourth-order valence-corrected chi connectivity index (χ4v) is 7.02. The summed E-state index contributed by atoms with van der Waals surface area (Å²) in [4.78, 5) is 0. The van der Waals surface area contributed by atoms with Gasteiger partial charge in [0.25, 0.3) is 0 Å². The second kappa shape index (κ2) is 9.22. The van der Waals surface area contributed by atoms with E-state index in [-0.39, 0.29) is 0 Å². The van der Waals surface area contributed by atoms with E-state index in [0.717, 1.165) is 0 Å². The highest BCUT2D eigenvalue weighted by molar-refractivity contribution is 6.12. The molecule has 8 aromatic rings. The van der Waals surface area contributed by atoms with E-state index in [4.69, 9.17) is 0 Å². The molecule has 202 valence electrons. The molecular weight excluding hydrogens is 508 g/mol. The van der Waals surface area contributed by atoms with E-state index in [0.29, 0.717) is 0 Å². The number of para-hydroxylation sites is 2. The van der Waals surface area contributed by atoms with E-state index in [1.807, 2.05) is 0 Å². The summed E-state index contributed by atoms with van der Waals surface area (Å²) in [5.74, 6) is 0. The molecule has 0 spiro atoms. The minimum absolute atomic E-state index is 1.21. The van der Waals surface area contributed by atoms with Crippen LogP contribution in [0.5, 0.6) is 0 Å². The van der Waals surface area contributed by atoms with Gasteiger partial charge in [0.15, 0.2) is 0 Å². The summed E-state index contributed by atoms with van der Waals surface area (Å²) in [7, 11) is 0. The van der Waals surface area contributed by atoms with Crippen LogP contribution in [0.25, 0.3) is 66.1 Å². The second-order valence-corrected chi connectivity index (χ2v) is 11.9. The molecule has 0 unspecified atom stereocenters. The van der Waals surface area contributed by atoms with Gasteiger partial charge in [-0.2, -0.15) is 0 Å². The number of fused-ring (bicyclic) bond motifs is 6. The van der Waals surface area contributed by atoms with Gasteiger partial charge in [0.2, 0.25) is 0 Å². The van der Waals surface area contributed by atoms with Crippen molar-refractivity contribution in [3.63, 3.8) is 0 Å². The SMILES string of the molecule is Cc1cc(C)cc(-n2c3ccccc3c3ccc(-c4ccc5c6ccccc6n(-c6cc(C)cc(C)c6)c5c4)cc32)c1. The second-order valence-electron chi connectivity index (χ2n) is 11.9. The minimum atomic E-state index is 1.21. The first-order chi connectivity index (χ1) is 20.4. The van der Waals surface area contributed by atoms with Crippen LogP contribution in [0.1, 0.15) is 22.3 Å². The maximum absolute atomic E-state index is 2.43. The number of hydrogen-bond donors (Lipinski definition) is 0. The Labute approximate surface area is 246 Å². The first kappa shape index (κ1) is 24.7. The van der Waals surface area contributed by atoms with Crippen molar-refractivity contribution in [2.75, 3.05) is 0 Å². The molecule has 0 aliphatic rings. The van der Waals surface area contributed by atoms with Crippen LogP contribution in [0.3, 0.4) is 0 Å². The molecule has 0 N–H and O–H groups in total. The first-order valence-electron chi connectivity index (χ1n) is 14.7. The van der Waals surface area contributed by atoms with Crippen LogP contribution >= 0.6 is 0 Å². The third-order valence-corrected chi connectivity index (χ3v) is 8.61. The van der Waals surface area contributed by atoms with Gasteiger partial charge >= 0.3 is 0 Å². The number of nitrogens with zero attached hydrogens (tertiary/aromatic N) is 2. The molecule has 0 saturated carbocycles. The quantitative estimate of drug-likeness (QED) is 0.211. The Bertz CT molecular complexity index is 2140. The van der Waals surface area contributed by atoms with Crippen molar-refractivity contribution in [1.29, 1.82) is 0 Å². The molecule has 0 radical (unpaired) electrons. The van der Waals surface area contributed by atoms with Gasteiger partial charge in [-0.25, -0.2) is 0 Å². The molecule has 2 nitrogen and oxygen atoms in total. The molecule has 2 aromatic heterocycles. The zero-order chi connectivity index (χ0) is 28.5. The number of rotatable bonds is 3. The lowest BCUT2D eigenvalue weighted by Gasteiger charge is -2.12. The number of aryl methyl sites for hydroxylation is 4. The summed E-state index contributed by atoms with van der Waals surface area (Å²) in [6.45, 7) is 8.72. The minimum Gasteiger partial charge on any atom is -0.309 e. The highest BCUT2D eigenvalue weighted by Crippen LogP contribution is 2.38. The smallest absolute Gasteiger partial charge is 0.0547 e. The first-order valence-corrected chi connectivity index (χ1v) is 14.7. The summed E-state index contributed by atoms with van der Waals surface area (Å²) in [5.41, 5.74) is 14.9. The summed E-state index contributed by atoms with van der Waals surface area (Å²) in [6, 6.07) is 45.1. The summed E-state index contributed by atoms with van der Waals surface area (Å²) >= 11 is 0. The van der Waals surface area contributed by atoms with E-state index >= 15 is 0 Å². The summed E-state index contributed by atoms with van der Waals surface area (Å²) in [6.07, 6.45) is 0. The molecule has 0 aliphatic carbocycles. The highest BCUT2D eigenvalue weighted by atomic mass is 15.0. The molecule has 2 heteroatoms. The van der Waals surface area contributed by atoms with Gasteiger partial charge in [-0.1, -0.05) is 72.8 Å². The average Bonchev–Trinajstić information content (AvgIpc) is 3.48. The Kier molecular flexibility index (Phi) is 5.42. The number of aromatic nitrogens is 2. The van der Waals surface area contributed by atoms with E-state index in [1.165, 1.54) is 88.4 Å². The Hall–Kier alpha value is -5.08. The van der Waals surface area contributed by atoms with Crippen LogP contribution in [0.2, 0.25) is 0 Å². The van der Waals surface area contributed by atoms with Gasteiger partial charge < -0.3 is 9.13 Å². The lowest BCUT2D eigenvalue weighted by atomic mass is 10.0. The molecule has 0 saturated heterocycles. The van der Waals surface area contributed by atoms with Crippen LogP contribution in [0, 0.1) is 27.7 Å². The predicted molar refractivity (Wildman–Crippen MR) is 180 cm³/mol. The third-order valence-electron chi connectivity index (χ3n) is 8.61. The monoisotopic (exact) mass is 540 g/mol. The molecule has 0 aliphatic heterocycles. The molecule has 0 fully saturated rings. The van der Waals surface area contributed by atoms with Gasteiger partial charge in [0.1, 0.15) is 0 Å². The van der Waals surface area contributed by atoms with Gasteiger partial charge in [-0.3, -0.25) is 0 Å². The molecule has 2 heterocycles. The van der Waals surface area contributed by atoms with Crippen molar-refractivity contribution in [3.8, 4) is 22.5 Å². The summed E-state index contributed by atoms with van der Waals surface area (Å²) in [5, 5.41) is 5.12. The van der Waals surface area contributed by atoms with Gasteiger partial charge in [0.05, 0.1) is 22.1 Å². The van der Waals surface area contributed by atoms with Crippen molar-refractivity contribution < 1.29 is 0 Å². The highest BCUT2D eigenvalue weighted by Gasteiger charge is 2.16. The standard InChI is InChI=1S/C40H32N2/c1-25-17-26(2)20-31(19-25)41-37-11-7-5-9-33(37)35-15-13-29(23-39(35)41)30-14-16-36-34-10-6-8-12-38(34)42(40(36)24-30)32-21-27(3)18-28(4)22-32/h5-24H,1-4H3.